The zero-order valence-corrected chi connectivity index (χ0v) is 12.2. The van der Waals surface area contributed by atoms with Crippen molar-refractivity contribution in [3.05, 3.63) is 36.0 Å². The van der Waals surface area contributed by atoms with E-state index >= 15 is 0 Å². The third-order valence-corrected chi connectivity index (χ3v) is 4.62. The first-order valence-electron chi connectivity index (χ1n) is 7.76. The van der Waals surface area contributed by atoms with Crippen molar-refractivity contribution in [2.24, 2.45) is 0 Å². The highest BCUT2D eigenvalue weighted by atomic mass is 16.3. The van der Waals surface area contributed by atoms with Gasteiger partial charge >= 0.3 is 0 Å². The third kappa shape index (κ3) is 2.60. The number of likely N-dealkylation sites (tertiary alicyclic amines) is 1. The molecule has 1 aliphatic rings. The molecule has 3 rings (SSSR count). The van der Waals surface area contributed by atoms with E-state index < -0.39 is 0 Å². The minimum absolute atomic E-state index is 0.166. The monoisotopic (exact) mass is 272 g/mol. The molecule has 1 aromatic carbocycles. The molecule has 0 bridgehead atoms. The van der Waals surface area contributed by atoms with E-state index in [1.807, 2.05) is 0 Å². The van der Waals surface area contributed by atoms with Crippen LogP contribution in [0.25, 0.3) is 10.9 Å². The number of aliphatic hydroxyl groups is 1. The van der Waals surface area contributed by atoms with Crippen LogP contribution in [0.3, 0.4) is 0 Å². The van der Waals surface area contributed by atoms with Gasteiger partial charge in [0.05, 0.1) is 6.10 Å². The maximum atomic E-state index is 10.1. The number of nitrogens with one attached hydrogen (secondary N) is 1. The van der Waals surface area contributed by atoms with Crippen molar-refractivity contribution in [3.8, 4) is 0 Å². The van der Waals surface area contributed by atoms with Crippen LogP contribution in [0.15, 0.2) is 30.5 Å². The summed E-state index contributed by atoms with van der Waals surface area (Å²) in [4.78, 5) is 5.81. The number of hydrogen-bond donors (Lipinski definition) is 2. The van der Waals surface area contributed by atoms with Crippen molar-refractivity contribution < 1.29 is 5.11 Å². The first kappa shape index (κ1) is 13.7. The van der Waals surface area contributed by atoms with Gasteiger partial charge in [0.15, 0.2) is 0 Å². The molecule has 1 fully saturated rings. The molecular weight excluding hydrogens is 248 g/mol. The fourth-order valence-electron chi connectivity index (χ4n) is 3.44. The van der Waals surface area contributed by atoms with Crippen LogP contribution in [0.1, 0.15) is 31.7 Å². The van der Waals surface area contributed by atoms with Gasteiger partial charge in [0.25, 0.3) is 0 Å². The Bertz CT molecular complexity index is 563. The van der Waals surface area contributed by atoms with E-state index in [-0.39, 0.29) is 6.10 Å². The lowest BCUT2D eigenvalue weighted by Gasteiger charge is -2.27. The fraction of sp³-hybridized carbons (Fsp3) is 0.529. The highest BCUT2D eigenvalue weighted by Gasteiger charge is 2.29. The van der Waals surface area contributed by atoms with Crippen molar-refractivity contribution in [2.45, 2.75) is 44.8 Å². The number of nitrogens with zero attached hydrogens (tertiary/aromatic N) is 1. The lowest BCUT2D eigenvalue weighted by atomic mass is 10.1. The van der Waals surface area contributed by atoms with Gasteiger partial charge in [0.2, 0.25) is 0 Å². The highest BCUT2D eigenvalue weighted by molar-refractivity contribution is 5.83. The molecule has 3 nitrogen and oxygen atoms in total. The van der Waals surface area contributed by atoms with Gasteiger partial charge in [-0.2, -0.15) is 0 Å². The lowest BCUT2D eigenvalue weighted by Crippen LogP contribution is -2.39. The first-order chi connectivity index (χ1) is 9.79. The molecule has 2 atom stereocenters. The predicted molar refractivity (Wildman–Crippen MR) is 82.9 cm³/mol. The number of aromatic amines is 1. The van der Waals surface area contributed by atoms with Crippen LogP contribution in [-0.2, 0) is 6.42 Å². The second-order valence-electron chi connectivity index (χ2n) is 5.83. The van der Waals surface area contributed by atoms with E-state index in [0.717, 1.165) is 32.4 Å². The summed E-state index contributed by atoms with van der Waals surface area (Å²) in [6, 6.07) is 8.84. The Morgan fingerprint density at radius 3 is 3.10 bits per heavy atom. The number of H-pyrrole nitrogens is 1. The summed E-state index contributed by atoms with van der Waals surface area (Å²) in [5.41, 5.74) is 2.60. The SMILES string of the molecule is CC[C@H](O)[C@@H]1CCCN1CCc1c[nH]c2ccccc12. The molecule has 1 aromatic heterocycles. The quantitative estimate of drug-likeness (QED) is 0.878. The Kier molecular flexibility index (Phi) is 4.08. The zero-order chi connectivity index (χ0) is 13.9. The van der Waals surface area contributed by atoms with E-state index in [1.165, 1.54) is 22.9 Å². The second-order valence-corrected chi connectivity index (χ2v) is 5.83. The van der Waals surface area contributed by atoms with Crippen LogP contribution in [-0.4, -0.2) is 40.2 Å². The molecule has 0 spiro atoms. The maximum absolute atomic E-state index is 10.1. The van der Waals surface area contributed by atoms with Crippen LogP contribution in [0, 0.1) is 0 Å². The number of aliphatic hydroxyl groups excluding tert-OH is 1. The van der Waals surface area contributed by atoms with Gasteiger partial charge in [0, 0.05) is 29.7 Å². The molecule has 1 saturated heterocycles. The van der Waals surface area contributed by atoms with Crippen LogP contribution in [0.5, 0.6) is 0 Å². The zero-order valence-electron chi connectivity index (χ0n) is 12.2. The molecule has 0 aliphatic carbocycles. The second kappa shape index (κ2) is 5.98. The number of rotatable bonds is 5. The van der Waals surface area contributed by atoms with Crippen LogP contribution in [0.4, 0.5) is 0 Å². The van der Waals surface area contributed by atoms with Gasteiger partial charge in [-0.25, -0.2) is 0 Å². The maximum Gasteiger partial charge on any atom is 0.0692 e. The van der Waals surface area contributed by atoms with Crippen LogP contribution in [0.2, 0.25) is 0 Å². The Hall–Kier alpha value is -1.32. The summed E-state index contributed by atoms with van der Waals surface area (Å²) in [6.45, 7) is 4.24. The van der Waals surface area contributed by atoms with E-state index in [9.17, 15) is 5.11 Å². The van der Waals surface area contributed by atoms with Gasteiger partial charge in [-0.15, -0.1) is 0 Å². The summed E-state index contributed by atoms with van der Waals surface area (Å²) in [5.74, 6) is 0. The van der Waals surface area contributed by atoms with Crippen molar-refractivity contribution in [1.29, 1.82) is 0 Å². The summed E-state index contributed by atoms with van der Waals surface area (Å²) in [6.07, 6.45) is 6.23. The molecule has 3 heteroatoms. The molecule has 2 aromatic rings. The number of hydrogen-bond acceptors (Lipinski definition) is 2. The Morgan fingerprint density at radius 1 is 1.40 bits per heavy atom. The Morgan fingerprint density at radius 2 is 2.25 bits per heavy atom. The van der Waals surface area contributed by atoms with Crippen LogP contribution >= 0.6 is 0 Å². The van der Waals surface area contributed by atoms with E-state index in [2.05, 4.69) is 47.3 Å². The van der Waals surface area contributed by atoms with Gasteiger partial charge in [-0.05, 0) is 43.9 Å². The van der Waals surface area contributed by atoms with Crippen LogP contribution < -0.4 is 0 Å². The molecule has 0 saturated carbocycles. The summed E-state index contributed by atoms with van der Waals surface area (Å²) < 4.78 is 0. The minimum atomic E-state index is -0.166. The van der Waals surface area contributed by atoms with Gasteiger partial charge in [0.1, 0.15) is 0 Å². The van der Waals surface area contributed by atoms with Crippen molar-refractivity contribution >= 4 is 10.9 Å². The van der Waals surface area contributed by atoms with Crippen molar-refractivity contribution in [3.63, 3.8) is 0 Å². The molecular formula is C17H24N2O. The lowest BCUT2D eigenvalue weighted by molar-refractivity contribution is 0.0707. The normalized spacial score (nSPS) is 21.6. The summed E-state index contributed by atoms with van der Waals surface area (Å²) in [5, 5.41) is 11.4. The molecule has 20 heavy (non-hydrogen) atoms. The van der Waals surface area contributed by atoms with Gasteiger partial charge in [-0.3, -0.25) is 4.90 Å². The highest BCUT2D eigenvalue weighted by Crippen LogP contribution is 2.23. The standard InChI is InChI=1S/C17H24N2O/c1-2-17(20)16-8-5-10-19(16)11-9-13-12-18-15-7-4-3-6-14(13)15/h3-4,6-7,12,16-18,20H,2,5,8-11H2,1H3/t16-,17-/m0/s1. The molecule has 2 heterocycles. The summed E-state index contributed by atoms with van der Waals surface area (Å²) in [7, 11) is 0. The molecule has 108 valence electrons. The topological polar surface area (TPSA) is 39.3 Å². The third-order valence-electron chi connectivity index (χ3n) is 4.62. The molecule has 0 unspecified atom stereocenters. The minimum Gasteiger partial charge on any atom is -0.392 e. The average Bonchev–Trinajstić information content (AvgIpc) is 3.11. The molecule has 1 aliphatic heterocycles. The number of para-hydroxylation sites is 1. The fourth-order valence-corrected chi connectivity index (χ4v) is 3.44. The van der Waals surface area contributed by atoms with Gasteiger partial charge in [-0.1, -0.05) is 25.1 Å². The molecule has 2 N–H and O–H groups in total. The smallest absolute Gasteiger partial charge is 0.0692 e. The largest absolute Gasteiger partial charge is 0.392 e. The molecule has 0 radical (unpaired) electrons. The number of aromatic nitrogens is 1. The van der Waals surface area contributed by atoms with E-state index in [0.29, 0.717) is 6.04 Å². The van der Waals surface area contributed by atoms with Gasteiger partial charge < -0.3 is 10.1 Å². The first-order valence-corrected chi connectivity index (χ1v) is 7.76. The predicted octanol–water partition coefficient (Wildman–Crippen LogP) is 2.95. The summed E-state index contributed by atoms with van der Waals surface area (Å²) >= 11 is 0. The average molecular weight is 272 g/mol. The van der Waals surface area contributed by atoms with E-state index in [1.54, 1.807) is 0 Å². The Labute approximate surface area is 120 Å². The number of fused-ring (bicyclic) bond motifs is 1. The van der Waals surface area contributed by atoms with E-state index in [4.69, 9.17) is 0 Å². The van der Waals surface area contributed by atoms with Crippen molar-refractivity contribution in [1.82, 2.24) is 9.88 Å². The number of benzene rings is 1. The van der Waals surface area contributed by atoms with Crippen molar-refractivity contribution in [2.75, 3.05) is 13.1 Å². The molecule has 0 amide bonds. The Balaban J connectivity index is 1.67.